The third kappa shape index (κ3) is 2.92. The van der Waals surface area contributed by atoms with Gasteiger partial charge < -0.3 is 9.64 Å². The van der Waals surface area contributed by atoms with E-state index in [0.717, 1.165) is 12.1 Å². The van der Waals surface area contributed by atoms with Crippen molar-refractivity contribution in [2.75, 3.05) is 11.9 Å². The molecule has 30 heavy (non-hydrogen) atoms. The highest BCUT2D eigenvalue weighted by atomic mass is 19.4. The second kappa shape index (κ2) is 6.86. The number of halogens is 3. The van der Waals surface area contributed by atoms with Crippen molar-refractivity contribution in [3.8, 4) is 0 Å². The summed E-state index contributed by atoms with van der Waals surface area (Å²) in [7, 11) is 1.43. The van der Waals surface area contributed by atoms with E-state index >= 15 is 0 Å². The highest BCUT2D eigenvalue weighted by Crippen LogP contribution is 2.44. The molecule has 0 radical (unpaired) electrons. The number of carbonyl (C=O) groups excluding carboxylic acids is 3. The van der Waals surface area contributed by atoms with Crippen LogP contribution in [0.4, 0.5) is 18.9 Å². The van der Waals surface area contributed by atoms with E-state index in [9.17, 15) is 27.6 Å². The number of para-hydroxylation sites is 1. The van der Waals surface area contributed by atoms with E-state index in [-0.39, 0.29) is 25.4 Å². The maximum Gasteiger partial charge on any atom is 0.416 e. The zero-order chi connectivity index (χ0) is 21.7. The van der Waals surface area contributed by atoms with Crippen molar-refractivity contribution in [2.24, 2.45) is 0 Å². The number of fused-ring (bicyclic) bond motifs is 3. The molecule has 2 aliphatic rings. The van der Waals surface area contributed by atoms with Gasteiger partial charge in [-0.25, -0.2) is 4.79 Å². The fourth-order valence-electron chi connectivity index (χ4n) is 3.95. The van der Waals surface area contributed by atoms with Crippen LogP contribution in [0.15, 0.2) is 48.5 Å². The quantitative estimate of drug-likeness (QED) is 0.717. The first-order valence-corrected chi connectivity index (χ1v) is 9.20. The summed E-state index contributed by atoms with van der Waals surface area (Å²) in [5.41, 5.74) is -1.42. The molecule has 2 aromatic carbocycles. The first kappa shape index (κ1) is 19.9. The Balaban J connectivity index is 1.61. The molecule has 2 aromatic rings. The monoisotopic (exact) mass is 418 g/mol. The number of carbonyl (C=O) groups is 3. The summed E-state index contributed by atoms with van der Waals surface area (Å²) >= 11 is 0. The van der Waals surface area contributed by atoms with Crippen molar-refractivity contribution in [1.29, 1.82) is 0 Å². The van der Waals surface area contributed by atoms with Crippen LogP contribution in [0.25, 0.3) is 0 Å². The van der Waals surface area contributed by atoms with Gasteiger partial charge in [-0.3, -0.25) is 14.5 Å². The van der Waals surface area contributed by atoms with E-state index in [1.807, 2.05) is 0 Å². The van der Waals surface area contributed by atoms with Gasteiger partial charge in [-0.05, 0) is 29.8 Å². The maximum atomic E-state index is 13.1. The molecule has 156 valence electrons. The Kier molecular flexibility index (Phi) is 4.56. The van der Waals surface area contributed by atoms with Gasteiger partial charge in [0.1, 0.15) is 6.61 Å². The Morgan fingerprint density at radius 3 is 2.43 bits per heavy atom. The summed E-state index contributed by atoms with van der Waals surface area (Å²) in [6.45, 7) is -0.287. The van der Waals surface area contributed by atoms with Crippen LogP contribution in [-0.4, -0.2) is 35.4 Å². The van der Waals surface area contributed by atoms with Crippen LogP contribution in [0, 0.1) is 0 Å². The number of ether oxygens (including phenoxy) is 1. The number of rotatable bonds is 3. The molecule has 2 aliphatic heterocycles. The second-order valence-corrected chi connectivity index (χ2v) is 7.20. The van der Waals surface area contributed by atoms with Crippen LogP contribution in [0.1, 0.15) is 34.3 Å². The smallest absolute Gasteiger partial charge is 0.416 e. The summed E-state index contributed by atoms with van der Waals surface area (Å²) in [4.78, 5) is 41.1. The van der Waals surface area contributed by atoms with Gasteiger partial charge >= 0.3 is 12.1 Å². The molecule has 2 amide bonds. The Bertz CT molecular complexity index is 1040. The topological polar surface area (TPSA) is 66.9 Å². The van der Waals surface area contributed by atoms with E-state index in [1.54, 1.807) is 24.3 Å². The van der Waals surface area contributed by atoms with E-state index in [0.29, 0.717) is 16.8 Å². The Labute approximate surface area is 169 Å². The van der Waals surface area contributed by atoms with Crippen LogP contribution < -0.4 is 4.90 Å². The number of hydrogen-bond donors (Lipinski definition) is 0. The lowest BCUT2D eigenvalue weighted by atomic mass is 9.97. The SMILES string of the molecule is CN1C(=O)c2ccccc2N2C(=O)CCC12C(=O)OCc1ccc(C(F)(F)F)cc1. The Morgan fingerprint density at radius 2 is 1.77 bits per heavy atom. The molecule has 6 nitrogen and oxygen atoms in total. The van der Waals surface area contributed by atoms with Crippen molar-refractivity contribution in [2.45, 2.75) is 31.3 Å². The first-order chi connectivity index (χ1) is 14.2. The number of nitrogens with zero attached hydrogens (tertiary/aromatic N) is 2. The Hall–Kier alpha value is -3.36. The molecule has 0 bridgehead atoms. The zero-order valence-electron chi connectivity index (χ0n) is 15.9. The maximum absolute atomic E-state index is 13.1. The van der Waals surface area contributed by atoms with Gasteiger partial charge in [0.2, 0.25) is 11.6 Å². The molecule has 1 saturated heterocycles. The van der Waals surface area contributed by atoms with Crippen LogP contribution in [-0.2, 0) is 27.1 Å². The van der Waals surface area contributed by atoms with Crippen molar-refractivity contribution < 1.29 is 32.3 Å². The summed E-state index contributed by atoms with van der Waals surface area (Å²) in [5.74, 6) is -1.53. The van der Waals surface area contributed by atoms with E-state index in [2.05, 4.69) is 0 Å². The molecule has 0 aromatic heterocycles. The average Bonchev–Trinajstić information content (AvgIpc) is 3.08. The largest absolute Gasteiger partial charge is 0.458 e. The third-order valence-corrected chi connectivity index (χ3v) is 5.52. The predicted octanol–water partition coefficient (Wildman–Crippen LogP) is 3.36. The number of esters is 1. The van der Waals surface area contributed by atoms with Crippen LogP contribution in [0.2, 0.25) is 0 Å². The molecule has 1 atom stereocenters. The van der Waals surface area contributed by atoms with Gasteiger partial charge in [0.15, 0.2) is 0 Å². The van der Waals surface area contributed by atoms with E-state index < -0.39 is 29.3 Å². The predicted molar refractivity (Wildman–Crippen MR) is 99.2 cm³/mol. The lowest BCUT2D eigenvalue weighted by Crippen LogP contribution is -2.67. The molecule has 0 aliphatic carbocycles. The molecule has 2 heterocycles. The molecule has 1 unspecified atom stereocenters. The third-order valence-electron chi connectivity index (χ3n) is 5.52. The van der Waals surface area contributed by atoms with Gasteiger partial charge in [-0.15, -0.1) is 0 Å². The highest BCUT2D eigenvalue weighted by molar-refractivity contribution is 6.15. The minimum absolute atomic E-state index is 0.0569. The summed E-state index contributed by atoms with van der Waals surface area (Å²) in [5, 5.41) is 0. The molecule has 0 spiro atoms. The van der Waals surface area contributed by atoms with E-state index in [4.69, 9.17) is 4.74 Å². The molecular formula is C21H17F3N2O4. The Morgan fingerprint density at radius 1 is 1.10 bits per heavy atom. The molecule has 0 N–H and O–H groups in total. The van der Waals surface area contributed by atoms with Crippen molar-refractivity contribution in [3.05, 3.63) is 65.2 Å². The van der Waals surface area contributed by atoms with Crippen LogP contribution in [0.5, 0.6) is 0 Å². The normalized spacial score (nSPS) is 20.8. The number of alkyl halides is 3. The molecule has 0 saturated carbocycles. The summed E-state index contributed by atoms with van der Waals surface area (Å²) < 4.78 is 43.5. The number of anilines is 1. The van der Waals surface area contributed by atoms with Gasteiger partial charge in [-0.2, -0.15) is 13.2 Å². The van der Waals surface area contributed by atoms with Crippen molar-refractivity contribution >= 4 is 23.5 Å². The fourth-order valence-corrected chi connectivity index (χ4v) is 3.95. The minimum atomic E-state index is -4.46. The summed E-state index contributed by atoms with van der Waals surface area (Å²) in [6.07, 6.45) is -4.34. The minimum Gasteiger partial charge on any atom is -0.458 e. The summed E-state index contributed by atoms with van der Waals surface area (Å²) in [6, 6.07) is 10.8. The number of hydrogen-bond acceptors (Lipinski definition) is 4. The molecule has 9 heteroatoms. The van der Waals surface area contributed by atoms with Gasteiger partial charge in [-0.1, -0.05) is 24.3 Å². The standard InChI is InChI=1S/C21H17F3N2O4/c1-25-18(28)15-4-2-3-5-16(15)26-17(27)10-11-20(25,26)19(29)30-12-13-6-8-14(9-7-13)21(22,23)24/h2-9H,10-12H2,1H3. The van der Waals surface area contributed by atoms with E-state index in [1.165, 1.54) is 29.0 Å². The first-order valence-electron chi connectivity index (χ1n) is 9.20. The average molecular weight is 418 g/mol. The zero-order valence-corrected chi connectivity index (χ0v) is 15.9. The van der Waals surface area contributed by atoms with Gasteiger partial charge in [0.05, 0.1) is 16.8 Å². The van der Waals surface area contributed by atoms with Crippen LogP contribution in [0.3, 0.4) is 0 Å². The molecule has 4 rings (SSSR count). The number of likely N-dealkylation sites (N-methyl/N-ethyl adjacent to an activating group) is 1. The number of amides is 2. The second-order valence-electron chi connectivity index (χ2n) is 7.20. The highest BCUT2D eigenvalue weighted by Gasteiger charge is 2.60. The molecule has 1 fully saturated rings. The lowest BCUT2D eigenvalue weighted by molar-refractivity contribution is -0.157. The fraction of sp³-hybridized carbons (Fsp3) is 0.286. The van der Waals surface area contributed by atoms with Crippen molar-refractivity contribution in [3.63, 3.8) is 0 Å². The van der Waals surface area contributed by atoms with Gasteiger partial charge in [0.25, 0.3) is 5.91 Å². The van der Waals surface area contributed by atoms with Gasteiger partial charge in [0, 0.05) is 19.9 Å². The van der Waals surface area contributed by atoms with Crippen molar-refractivity contribution in [1.82, 2.24) is 4.90 Å². The lowest BCUT2D eigenvalue weighted by Gasteiger charge is -2.46. The molecular weight excluding hydrogens is 401 g/mol. The van der Waals surface area contributed by atoms with Crippen LogP contribution >= 0.6 is 0 Å². The number of benzene rings is 2.